The fraction of sp³-hybridized carbons (Fsp3) is 0.185. The average molecular weight is 505 g/mol. The molecule has 0 bridgehead atoms. The molecule has 0 amide bonds. The lowest BCUT2D eigenvalue weighted by atomic mass is 10.1. The van der Waals surface area contributed by atoms with Gasteiger partial charge < -0.3 is 15.2 Å². The van der Waals surface area contributed by atoms with Gasteiger partial charge in [0.1, 0.15) is 17.3 Å². The highest BCUT2D eigenvalue weighted by atomic mass is 35.5. The zero-order valence-corrected chi connectivity index (χ0v) is 20.4. The smallest absolute Gasteiger partial charge is 0.258 e. The van der Waals surface area contributed by atoms with E-state index in [1.807, 2.05) is 12.1 Å². The lowest BCUT2D eigenvalue weighted by Crippen LogP contribution is -2.28. The van der Waals surface area contributed by atoms with Crippen molar-refractivity contribution in [1.82, 2.24) is 14.5 Å². The van der Waals surface area contributed by atoms with Crippen molar-refractivity contribution in [1.29, 1.82) is 0 Å². The molecule has 0 aliphatic carbocycles. The summed E-state index contributed by atoms with van der Waals surface area (Å²) in [6.07, 6.45) is 3.42. The molecule has 9 heteroatoms. The van der Waals surface area contributed by atoms with Crippen molar-refractivity contribution in [2.24, 2.45) is 0 Å². The summed E-state index contributed by atoms with van der Waals surface area (Å²) < 4.78 is 7.34. The normalized spacial score (nSPS) is 10.8. The zero-order valence-electron chi connectivity index (χ0n) is 19.6. The Morgan fingerprint density at radius 3 is 2.50 bits per heavy atom. The number of Topliss-reactive ketones (excluding diaryl/α,β-unsaturated/α-hetero) is 1. The Labute approximate surface area is 213 Å². The summed E-state index contributed by atoms with van der Waals surface area (Å²) in [6.45, 7) is 1.86. The first-order chi connectivity index (χ1) is 17.4. The van der Waals surface area contributed by atoms with E-state index in [0.717, 1.165) is 5.56 Å². The van der Waals surface area contributed by atoms with Crippen LogP contribution in [0.25, 0.3) is 0 Å². The van der Waals surface area contributed by atoms with Gasteiger partial charge in [0.25, 0.3) is 5.56 Å². The largest absolute Gasteiger partial charge is 0.457 e. The SMILES string of the molecule is CCC(=O)Cc1cnc(Nc2ccc(Oc3ccnc(CO)c3)cc2)n(Cc2ccc(Cl)cc2)c1=O. The summed E-state index contributed by atoms with van der Waals surface area (Å²) in [6, 6.07) is 17.7. The minimum absolute atomic E-state index is 0.0245. The minimum Gasteiger partial charge on any atom is -0.457 e. The number of carbonyl (C=O) groups excluding carboxylic acids is 1. The molecular formula is C27H25ClN4O4. The molecule has 0 saturated heterocycles. The number of ketones is 1. The molecule has 0 fully saturated rings. The molecule has 36 heavy (non-hydrogen) atoms. The van der Waals surface area contributed by atoms with Gasteiger partial charge in [-0.2, -0.15) is 0 Å². The second-order valence-corrected chi connectivity index (χ2v) is 8.52. The number of hydrogen-bond donors (Lipinski definition) is 2. The molecule has 0 aliphatic heterocycles. The number of rotatable bonds is 10. The van der Waals surface area contributed by atoms with E-state index < -0.39 is 0 Å². The van der Waals surface area contributed by atoms with Crippen molar-refractivity contribution in [3.8, 4) is 11.5 Å². The maximum absolute atomic E-state index is 13.3. The lowest BCUT2D eigenvalue weighted by Gasteiger charge is -2.15. The topological polar surface area (TPSA) is 106 Å². The van der Waals surface area contributed by atoms with E-state index in [1.165, 1.54) is 10.8 Å². The quantitative estimate of drug-likeness (QED) is 0.316. The number of nitrogens with zero attached hydrogens (tertiary/aromatic N) is 3. The second kappa shape index (κ2) is 11.6. The predicted octanol–water partition coefficient (Wildman–Crippen LogP) is 4.89. The van der Waals surface area contributed by atoms with Crippen LogP contribution < -0.4 is 15.6 Å². The summed E-state index contributed by atoms with van der Waals surface area (Å²) in [5.41, 5.74) is 2.15. The van der Waals surface area contributed by atoms with Gasteiger partial charge in [0, 0.05) is 47.6 Å². The van der Waals surface area contributed by atoms with Crippen molar-refractivity contribution in [3.63, 3.8) is 0 Å². The monoisotopic (exact) mass is 504 g/mol. The highest BCUT2D eigenvalue weighted by Gasteiger charge is 2.14. The second-order valence-electron chi connectivity index (χ2n) is 8.09. The molecular weight excluding hydrogens is 480 g/mol. The van der Waals surface area contributed by atoms with Crippen LogP contribution in [0.3, 0.4) is 0 Å². The van der Waals surface area contributed by atoms with Crippen LogP contribution >= 0.6 is 11.6 Å². The number of ether oxygens (including phenoxy) is 1. The molecule has 8 nitrogen and oxygen atoms in total. The van der Waals surface area contributed by atoms with E-state index in [-0.39, 0.29) is 30.9 Å². The van der Waals surface area contributed by atoms with Crippen LogP contribution in [-0.4, -0.2) is 25.4 Å². The van der Waals surface area contributed by atoms with E-state index >= 15 is 0 Å². The van der Waals surface area contributed by atoms with Crippen LogP contribution in [0.1, 0.15) is 30.2 Å². The van der Waals surface area contributed by atoms with Crippen molar-refractivity contribution < 1.29 is 14.6 Å². The van der Waals surface area contributed by atoms with Gasteiger partial charge in [-0.1, -0.05) is 30.7 Å². The Balaban J connectivity index is 1.58. The van der Waals surface area contributed by atoms with Gasteiger partial charge in [-0.15, -0.1) is 0 Å². The first-order valence-electron chi connectivity index (χ1n) is 11.4. The van der Waals surface area contributed by atoms with Gasteiger partial charge in [0.15, 0.2) is 0 Å². The molecule has 4 rings (SSSR count). The molecule has 0 radical (unpaired) electrons. The summed E-state index contributed by atoms with van der Waals surface area (Å²) in [5, 5.41) is 13.0. The Morgan fingerprint density at radius 2 is 1.81 bits per heavy atom. The Morgan fingerprint density at radius 1 is 1.06 bits per heavy atom. The molecule has 2 heterocycles. The van der Waals surface area contributed by atoms with Crippen LogP contribution in [0.15, 0.2) is 77.9 Å². The number of aliphatic hydroxyl groups is 1. The number of hydrogen-bond acceptors (Lipinski definition) is 7. The van der Waals surface area contributed by atoms with Crippen molar-refractivity contribution in [2.75, 3.05) is 5.32 Å². The lowest BCUT2D eigenvalue weighted by molar-refractivity contribution is -0.118. The van der Waals surface area contributed by atoms with E-state index in [4.69, 9.17) is 16.3 Å². The molecule has 2 N–H and O–H groups in total. The maximum Gasteiger partial charge on any atom is 0.258 e. The number of halogens is 1. The van der Waals surface area contributed by atoms with Gasteiger partial charge >= 0.3 is 0 Å². The van der Waals surface area contributed by atoms with Crippen LogP contribution in [-0.2, 0) is 24.4 Å². The van der Waals surface area contributed by atoms with Gasteiger partial charge in [-0.25, -0.2) is 4.98 Å². The molecule has 2 aromatic carbocycles. The highest BCUT2D eigenvalue weighted by Crippen LogP contribution is 2.24. The number of carbonyl (C=O) groups is 1. The van der Waals surface area contributed by atoms with Gasteiger partial charge in [-0.3, -0.25) is 19.1 Å². The molecule has 184 valence electrons. The third kappa shape index (κ3) is 6.35. The minimum atomic E-state index is -0.276. The third-order valence-electron chi connectivity index (χ3n) is 5.45. The molecule has 2 aromatic heterocycles. The molecule has 4 aromatic rings. The van der Waals surface area contributed by atoms with Crippen LogP contribution in [0.2, 0.25) is 5.02 Å². The number of pyridine rings is 1. The number of nitrogens with one attached hydrogen (secondary N) is 1. The molecule has 0 saturated carbocycles. The summed E-state index contributed by atoms with van der Waals surface area (Å²) >= 11 is 6.01. The number of anilines is 2. The fourth-order valence-electron chi connectivity index (χ4n) is 3.49. The zero-order chi connectivity index (χ0) is 25.5. The molecule has 0 unspecified atom stereocenters. The summed E-state index contributed by atoms with van der Waals surface area (Å²) in [7, 11) is 0. The Kier molecular flexibility index (Phi) is 8.10. The van der Waals surface area contributed by atoms with Gasteiger partial charge in [0.05, 0.1) is 18.8 Å². The summed E-state index contributed by atoms with van der Waals surface area (Å²) in [4.78, 5) is 33.7. The third-order valence-corrected chi connectivity index (χ3v) is 5.70. The number of benzene rings is 2. The van der Waals surface area contributed by atoms with E-state index in [9.17, 15) is 14.7 Å². The average Bonchev–Trinajstić information content (AvgIpc) is 2.90. The van der Waals surface area contributed by atoms with E-state index in [2.05, 4.69) is 15.3 Å². The van der Waals surface area contributed by atoms with Gasteiger partial charge in [-0.05, 0) is 48.0 Å². The Hall–Kier alpha value is -4.01. The number of aromatic nitrogens is 3. The predicted molar refractivity (Wildman–Crippen MR) is 138 cm³/mol. The van der Waals surface area contributed by atoms with Crippen LogP contribution in [0.4, 0.5) is 11.6 Å². The molecule has 0 aliphatic rings. The van der Waals surface area contributed by atoms with Crippen LogP contribution in [0.5, 0.6) is 11.5 Å². The van der Waals surface area contributed by atoms with Crippen molar-refractivity contribution >= 4 is 29.0 Å². The molecule has 0 spiro atoms. The highest BCUT2D eigenvalue weighted by molar-refractivity contribution is 6.30. The summed E-state index contributed by atoms with van der Waals surface area (Å²) in [5.74, 6) is 1.47. The first-order valence-corrected chi connectivity index (χ1v) is 11.8. The van der Waals surface area contributed by atoms with E-state index in [0.29, 0.717) is 45.8 Å². The fourth-order valence-corrected chi connectivity index (χ4v) is 3.61. The standard InChI is InChI=1S/C27H25ClN4O4/c1-2-23(34)13-19-15-30-27(32(26(19)35)16-18-3-5-20(28)6-4-18)31-21-7-9-24(10-8-21)36-25-11-12-29-22(14-25)17-33/h3-12,14-15,33H,2,13,16-17H2,1H3,(H,30,31). The van der Waals surface area contributed by atoms with E-state index in [1.54, 1.807) is 61.7 Å². The van der Waals surface area contributed by atoms with Crippen molar-refractivity contribution in [2.45, 2.75) is 32.9 Å². The van der Waals surface area contributed by atoms with Crippen molar-refractivity contribution in [3.05, 3.63) is 105 Å². The Bertz CT molecular complexity index is 1400. The first kappa shape index (κ1) is 25.1. The number of aliphatic hydroxyl groups excluding tert-OH is 1. The maximum atomic E-state index is 13.3. The van der Waals surface area contributed by atoms with Gasteiger partial charge in [0.2, 0.25) is 5.95 Å². The molecule has 0 atom stereocenters. The van der Waals surface area contributed by atoms with Crippen LogP contribution in [0, 0.1) is 0 Å².